The molecule has 0 aromatic heterocycles. The van der Waals surface area contributed by atoms with Crippen LogP contribution < -0.4 is 26.0 Å². The quantitative estimate of drug-likeness (QED) is 0.260. The van der Waals surface area contributed by atoms with Crippen molar-refractivity contribution in [1.29, 1.82) is 5.41 Å². The number of alkyl carbamates (subject to hydrolysis) is 1. The van der Waals surface area contributed by atoms with Crippen molar-refractivity contribution in [1.82, 2.24) is 21.3 Å². The van der Waals surface area contributed by atoms with Crippen molar-refractivity contribution in [2.75, 3.05) is 13.7 Å². The van der Waals surface area contributed by atoms with E-state index >= 15 is 0 Å². The first-order valence-electron chi connectivity index (χ1n) is 12.3. The first kappa shape index (κ1) is 27.7. The summed E-state index contributed by atoms with van der Waals surface area (Å²) in [5.74, 6) is 0.593. The van der Waals surface area contributed by atoms with Gasteiger partial charge in [-0.25, -0.2) is 4.79 Å². The topological polar surface area (TPSA) is 142 Å². The molecule has 0 radical (unpaired) electrons. The van der Waals surface area contributed by atoms with Gasteiger partial charge in [0.2, 0.25) is 11.8 Å². The summed E-state index contributed by atoms with van der Waals surface area (Å²) in [5.41, 5.74) is 2.07. The maximum absolute atomic E-state index is 12.4. The number of amides is 3. The highest BCUT2D eigenvalue weighted by Gasteiger charge is 2.26. The summed E-state index contributed by atoms with van der Waals surface area (Å²) in [7, 11) is 1.56. The lowest BCUT2D eigenvalue weighted by Gasteiger charge is -2.28. The molecule has 2 aromatic rings. The fourth-order valence-electron chi connectivity index (χ4n) is 3.94. The average Bonchev–Trinajstić information content (AvgIpc) is 2.90. The third-order valence-electron chi connectivity index (χ3n) is 6.17. The predicted molar refractivity (Wildman–Crippen MR) is 139 cm³/mol. The molecule has 3 atom stereocenters. The second-order valence-electron chi connectivity index (χ2n) is 9.21. The fourth-order valence-corrected chi connectivity index (χ4v) is 3.94. The van der Waals surface area contributed by atoms with Crippen LogP contribution in [0.1, 0.15) is 43.4 Å². The van der Waals surface area contributed by atoms with Gasteiger partial charge in [0.1, 0.15) is 24.2 Å². The second-order valence-corrected chi connectivity index (χ2v) is 9.21. The number of nitrogens with one attached hydrogen (secondary N) is 5. The van der Waals surface area contributed by atoms with Gasteiger partial charge in [0.05, 0.1) is 13.2 Å². The lowest BCUT2D eigenvalue weighted by atomic mass is 9.94. The molecule has 198 valence electrons. The molecule has 0 bridgehead atoms. The summed E-state index contributed by atoms with van der Waals surface area (Å²) >= 11 is 0. The number of amidine groups is 1. The highest BCUT2D eigenvalue weighted by Crippen LogP contribution is 2.15. The molecular formula is C27H35N5O5. The molecule has 37 heavy (non-hydrogen) atoms. The normalized spacial score (nSPS) is 17.7. The fraction of sp³-hybridized carbons (Fsp3) is 0.407. The van der Waals surface area contributed by atoms with Crippen LogP contribution in [0.4, 0.5) is 4.79 Å². The van der Waals surface area contributed by atoms with Crippen LogP contribution in [0.15, 0.2) is 48.5 Å². The molecule has 1 saturated heterocycles. The lowest BCUT2D eigenvalue weighted by molar-refractivity contribution is -0.130. The number of carbonyl (C=O) groups excluding carboxylic acids is 3. The standard InChI is InChI=1S/C27H35N5O5/c1-17-11-12-29-23(13-17)26(34)31-18(2)25(33)30-15-19-7-9-21(10-8-19)24(28)32-27(35)37-16-20-5-4-6-22(14-20)36-3/h4-10,14,17-18,23,29H,11-13,15-16H2,1-3H3,(H,30,33)(H,31,34)(H2,28,32,35)/t17-,18-,23+/m0/s1. The third-order valence-corrected chi connectivity index (χ3v) is 6.17. The molecule has 3 amide bonds. The summed E-state index contributed by atoms with van der Waals surface area (Å²) in [6, 6.07) is 13.1. The number of hydrogen-bond acceptors (Lipinski definition) is 7. The predicted octanol–water partition coefficient (Wildman–Crippen LogP) is 2.46. The number of ether oxygens (including phenoxy) is 2. The van der Waals surface area contributed by atoms with Gasteiger partial charge < -0.3 is 25.4 Å². The Morgan fingerprint density at radius 2 is 1.89 bits per heavy atom. The minimum Gasteiger partial charge on any atom is -0.497 e. The molecule has 10 nitrogen and oxygen atoms in total. The van der Waals surface area contributed by atoms with E-state index in [9.17, 15) is 14.4 Å². The lowest BCUT2D eigenvalue weighted by Crippen LogP contribution is -2.53. The smallest absolute Gasteiger partial charge is 0.413 e. The first-order valence-corrected chi connectivity index (χ1v) is 12.3. The summed E-state index contributed by atoms with van der Waals surface area (Å²) in [5, 5.41) is 19.3. The molecule has 2 aromatic carbocycles. The van der Waals surface area contributed by atoms with Gasteiger partial charge in [-0.2, -0.15) is 0 Å². The molecule has 5 N–H and O–H groups in total. The van der Waals surface area contributed by atoms with Crippen molar-refractivity contribution in [2.24, 2.45) is 5.92 Å². The zero-order chi connectivity index (χ0) is 26.8. The molecular weight excluding hydrogens is 474 g/mol. The highest BCUT2D eigenvalue weighted by atomic mass is 16.5. The van der Waals surface area contributed by atoms with Crippen LogP contribution in [0.25, 0.3) is 0 Å². The van der Waals surface area contributed by atoms with Gasteiger partial charge in [-0.3, -0.25) is 20.3 Å². The Bertz CT molecular complexity index is 1100. The number of hydrogen-bond donors (Lipinski definition) is 5. The number of piperidine rings is 1. The van der Waals surface area contributed by atoms with E-state index in [1.54, 1.807) is 56.5 Å². The van der Waals surface area contributed by atoms with Gasteiger partial charge in [-0.1, -0.05) is 43.3 Å². The number of carbonyl (C=O) groups is 3. The van der Waals surface area contributed by atoms with Gasteiger partial charge in [-0.15, -0.1) is 0 Å². The van der Waals surface area contributed by atoms with Crippen molar-refractivity contribution in [2.45, 2.75) is 51.9 Å². The summed E-state index contributed by atoms with van der Waals surface area (Å²) in [6.07, 6.45) is 1.07. The molecule has 0 spiro atoms. The molecule has 0 aliphatic carbocycles. The van der Waals surface area contributed by atoms with Gasteiger partial charge in [0.25, 0.3) is 0 Å². The van der Waals surface area contributed by atoms with Crippen LogP contribution in [0, 0.1) is 11.3 Å². The zero-order valence-electron chi connectivity index (χ0n) is 21.4. The molecule has 1 heterocycles. The zero-order valence-corrected chi connectivity index (χ0v) is 21.4. The maximum Gasteiger partial charge on any atom is 0.413 e. The number of rotatable bonds is 9. The van der Waals surface area contributed by atoms with E-state index in [0.29, 0.717) is 17.2 Å². The van der Waals surface area contributed by atoms with Crippen molar-refractivity contribution in [3.05, 3.63) is 65.2 Å². The van der Waals surface area contributed by atoms with Crippen molar-refractivity contribution in [3.63, 3.8) is 0 Å². The summed E-state index contributed by atoms with van der Waals surface area (Å²) in [4.78, 5) is 36.9. The van der Waals surface area contributed by atoms with E-state index in [1.165, 1.54) is 0 Å². The van der Waals surface area contributed by atoms with E-state index in [4.69, 9.17) is 14.9 Å². The SMILES string of the molecule is COc1cccc(COC(=O)NC(=N)c2ccc(CNC(=O)[C@H](C)NC(=O)[C@H]3C[C@@H](C)CCN3)cc2)c1. The van der Waals surface area contributed by atoms with Crippen LogP contribution in [0.2, 0.25) is 0 Å². The summed E-state index contributed by atoms with van der Waals surface area (Å²) in [6.45, 7) is 4.89. The largest absolute Gasteiger partial charge is 0.497 e. The van der Waals surface area contributed by atoms with E-state index < -0.39 is 12.1 Å². The van der Waals surface area contributed by atoms with Gasteiger partial charge in [0.15, 0.2) is 0 Å². The van der Waals surface area contributed by atoms with Gasteiger partial charge in [0, 0.05) is 12.1 Å². The monoisotopic (exact) mass is 509 g/mol. The van der Waals surface area contributed by atoms with Crippen molar-refractivity contribution < 1.29 is 23.9 Å². The summed E-state index contributed by atoms with van der Waals surface area (Å²) < 4.78 is 10.3. The minimum atomic E-state index is -0.738. The van der Waals surface area contributed by atoms with Crippen LogP contribution in [0.5, 0.6) is 5.75 Å². The molecule has 10 heteroatoms. The Hall–Kier alpha value is -3.92. The second kappa shape index (κ2) is 13.4. The van der Waals surface area contributed by atoms with Crippen LogP contribution in [-0.2, 0) is 27.5 Å². The van der Waals surface area contributed by atoms with Gasteiger partial charge >= 0.3 is 6.09 Å². The molecule has 1 aliphatic rings. The average molecular weight is 510 g/mol. The first-order chi connectivity index (χ1) is 17.7. The number of benzene rings is 2. The van der Waals surface area contributed by atoms with Crippen LogP contribution in [0.3, 0.4) is 0 Å². The Morgan fingerprint density at radius 1 is 1.14 bits per heavy atom. The van der Waals surface area contributed by atoms with E-state index in [-0.39, 0.29) is 36.8 Å². The van der Waals surface area contributed by atoms with E-state index in [2.05, 4.69) is 28.2 Å². The van der Waals surface area contributed by atoms with Crippen molar-refractivity contribution in [3.8, 4) is 5.75 Å². The Kier molecular flexibility index (Phi) is 10.0. The molecule has 1 fully saturated rings. The third kappa shape index (κ3) is 8.60. The molecule has 3 rings (SSSR count). The van der Waals surface area contributed by atoms with Crippen molar-refractivity contribution >= 4 is 23.7 Å². The highest BCUT2D eigenvalue weighted by molar-refractivity contribution is 6.04. The molecule has 0 unspecified atom stereocenters. The van der Waals surface area contributed by atoms with E-state index in [0.717, 1.165) is 30.5 Å². The molecule has 1 aliphatic heterocycles. The van der Waals surface area contributed by atoms with Gasteiger partial charge in [-0.05, 0) is 55.5 Å². The number of methoxy groups -OCH3 is 1. The van der Waals surface area contributed by atoms with E-state index in [1.807, 2.05) is 6.07 Å². The molecule has 0 saturated carbocycles. The van der Waals surface area contributed by atoms with Crippen LogP contribution in [-0.4, -0.2) is 49.5 Å². The Balaban J connectivity index is 1.40. The van der Waals surface area contributed by atoms with Crippen LogP contribution >= 0.6 is 0 Å². The maximum atomic E-state index is 12.4. The Morgan fingerprint density at radius 3 is 2.59 bits per heavy atom. The minimum absolute atomic E-state index is 0.0458. The Labute approximate surface area is 217 Å².